The van der Waals surface area contributed by atoms with Crippen molar-refractivity contribution in [2.75, 3.05) is 20.3 Å². The monoisotopic (exact) mass is 322 g/mol. The van der Waals surface area contributed by atoms with Gasteiger partial charge in [0.1, 0.15) is 6.04 Å². The molecule has 22 heavy (non-hydrogen) atoms. The van der Waals surface area contributed by atoms with Gasteiger partial charge in [0.25, 0.3) is 0 Å². The first-order chi connectivity index (χ1) is 10.2. The van der Waals surface area contributed by atoms with Gasteiger partial charge in [0, 0.05) is 20.2 Å². The third-order valence-electron chi connectivity index (χ3n) is 3.54. The van der Waals surface area contributed by atoms with E-state index >= 15 is 0 Å². The van der Waals surface area contributed by atoms with Gasteiger partial charge in [-0.25, -0.2) is 0 Å². The lowest BCUT2D eigenvalue weighted by Crippen LogP contribution is -2.45. The molecular weight excluding hydrogens is 300 g/mol. The van der Waals surface area contributed by atoms with Gasteiger partial charge in [-0.15, -0.1) is 12.4 Å². The van der Waals surface area contributed by atoms with E-state index in [-0.39, 0.29) is 24.9 Å². The highest BCUT2D eigenvalue weighted by molar-refractivity contribution is 5.85. The van der Waals surface area contributed by atoms with E-state index in [0.29, 0.717) is 13.1 Å². The summed E-state index contributed by atoms with van der Waals surface area (Å²) in [6, 6.07) is 13.8. The maximum absolute atomic E-state index is 12.3. The van der Waals surface area contributed by atoms with Crippen molar-refractivity contribution in [2.24, 2.45) is 5.73 Å². The topological polar surface area (TPSA) is 55.6 Å². The fourth-order valence-electron chi connectivity index (χ4n) is 2.39. The summed E-state index contributed by atoms with van der Waals surface area (Å²) in [5.74, 6) is -0.0764. The molecule has 0 fully saturated rings. The minimum absolute atomic E-state index is 0. The molecule has 0 radical (unpaired) electrons. The molecule has 0 aliphatic rings. The van der Waals surface area contributed by atoms with Crippen LogP contribution in [-0.4, -0.2) is 37.1 Å². The van der Waals surface area contributed by atoms with Crippen LogP contribution in [0.5, 0.6) is 0 Å². The number of hydrogen-bond donors (Lipinski definition) is 1. The summed E-state index contributed by atoms with van der Waals surface area (Å²) in [6.45, 7) is 3.40. The predicted octanol–water partition coefficient (Wildman–Crippen LogP) is 2.58. The molecule has 0 aliphatic carbocycles. The van der Waals surface area contributed by atoms with E-state index in [2.05, 4.69) is 30.3 Å². The van der Waals surface area contributed by atoms with Crippen molar-refractivity contribution in [3.8, 4) is 0 Å². The van der Waals surface area contributed by atoms with Crippen molar-refractivity contribution in [1.29, 1.82) is 0 Å². The Kier molecular flexibility index (Phi) is 7.32. The Hall–Kier alpha value is -1.62. The number of nitrogens with zero attached hydrogens (tertiary/aromatic N) is 1. The van der Waals surface area contributed by atoms with Crippen molar-refractivity contribution < 1.29 is 9.53 Å². The lowest BCUT2D eigenvalue weighted by atomic mass is 10.1. The first-order valence-corrected chi connectivity index (χ1v) is 7.16. The second-order valence-corrected chi connectivity index (χ2v) is 5.10. The molecule has 2 N–H and O–H groups in total. The molecule has 0 saturated carbocycles. The molecule has 1 unspecified atom stereocenters. The number of nitrogens with two attached hydrogens (primary N) is 1. The Bertz CT molecular complexity index is 618. The lowest BCUT2D eigenvalue weighted by molar-refractivity contribution is -0.134. The average Bonchev–Trinajstić information content (AvgIpc) is 2.52. The fourth-order valence-corrected chi connectivity index (χ4v) is 2.39. The van der Waals surface area contributed by atoms with Crippen LogP contribution in [-0.2, 0) is 16.1 Å². The summed E-state index contributed by atoms with van der Waals surface area (Å²) >= 11 is 0. The molecular formula is C17H23ClN2O2. The maximum atomic E-state index is 12.3. The van der Waals surface area contributed by atoms with Gasteiger partial charge < -0.3 is 15.4 Å². The number of fused-ring (bicyclic) bond motifs is 1. The molecule has 0 heterocycles. The van der Waals surface area contributed by atoms with Gasteiger partial charge in [0.15, 0.2) is 0 Å². The maximum Gasteiger partial charge on any atom is 0.242 e. The van der Waals surface area contributed by atoms with E-state index in [9.17, 15) is 4.79 Å². The van der Waals surface area contributed by atoms with Gasteiger partial charge in [0.2, 0.25) is 5.91 Å². The zero-order valence-corrected chi connectivity index (χ0v) is 13.8. The molecule has 120 valence electrons. The number of halogens is 1. The normalized spacial score (nSPS) is 11.8. The number of likely N-dealkylation sites (N-methyl/N-ethyl adjacent to an activating group) is 1. The quantitative estimate of drug-likeness (QED) is 0.889. The predicted molar refractivity (Wildman–Crippen MR) is 92.1 cm³/mol. The Labute approximate surface area is 137 Å². The Morgan fingerprint density at radius 1 is 1.23 bits per heavy atom. The lowest BCUT2D eigenvalue weighted by Gasteiger charge is -2.24. The summed E-state index contributed by atoms with van der Waals surface area (Å²) in [7, 11) is 1.55. The standard InChI is InChI=1S/C17H22N2O2.ClH/c1-3-19(17(20)16(18)12-21-2)11-13-8-9-14-6-4-5-7-15(14)10-13;/h4-10,16H,3,11-12,18H2,1-2H3;1H. The largest absolute Gasteiger partial charge is 0.383 e. The number of carbonyl (C=O) groups excluding carboxylic acids is 1. The highest BCUT2D eigenvalue weighted by Crippen LogP contribution is 2.17. The first kappa shape index (κ1) is 18.4. The number of rotatable bonds is 6. The molecule has 1 amide bonds. The van der Waals surface area contributed by atoms with Crippen molar-refractivity contribution in [1.82, 2.24) is 4.90 Å². The average molecular weight is 323 g/mol. The zero-order chi connectivity index (χ0) is 15.2. The summed E-state index contributed by atoms with van der Waals surface area (Å²) in [5, 5.41) is 2.38. The van der Waals surface area contributed by atoms with Gasteiger partial charge >= 0.3 is 0 Å². The van der Waals surface area contributed by atoms with Gasteiger partial charge in [-0.3, -0.25) is 4.79 Å². The third kappa shape index (κ3) is 4.44. The summed E-state index contributed by atoms with van der Waals surface area (Å²) in [5.41, 5.74) is 6.94. The Morgan fingerprint density at radius 3 is 2.55 bits per heavy atom. The van der Waals surface area contributed by atoms with Crippen LogP contribution >= 0.6 is 12.4 Å². The van der Waals surface area contributed by atoms with Crippen LogP contribution in [0.25, 0.3) is 10.8 Å². The van der Waals surface area contributed by atoms with Gasteiger partial charge in [0.05, 0.1) is 6.61 Å². The van der Waals surface area contributed by atoms with E-state index in [0.717, 1.165) is 5.56 Å². The highest BCUT2D eigenvalue weighted by Gasteiger charge is 2.19. The first-order valence-electron chi connectivity index (χ1n) is 7.16. The van der Waals surface area contributed by atoms with Crippen LogP contribution in [0.15, 0.2) is 42.5 Å². The number of benzene rings is 2. The molecule has 0 aromatic heterocycles. The summed E-state index contributed by atoms with van der Waals surface area (Å²) in [6.07, 6.45) is 0. The second-order valence-electron chi connectivity index (χ2n) is 5.10. The SMILES string of the molecule is CCN(Cc1ccc2ccccc2c1)C(=O)C(N)COC.Cl. The molecule has 0 aliphatic heterocycles. The third-order valence-corrected chi connectivity index (χ3v) is 3.54. The minimum Gasteiger partial charge on any atom is -0.383 e. The molecule has 1 atom stereocenters. The number of amides is 1. The second kappa shape index (κ2) is 8.73. The van der Waals surface area contributed by atoms with Gasteiger partial charge in [-0.05, 0) is 29.3 Å². The minimum atomic E-state index is -0.601. The Balaban J connectivity index is 0.00000242. The van der Waals surface area contributed by atoms with Crippen LogP contribution in [0.1, 0.15) is 12.5 Å². The molecule has 0 saturated heterocycles. The van der Waals surface area contributed by atoms with Crippen LogP contribution in [0.3, 0.4) is 0 Å². The number of carbonyl (C=O) groups is 1. The van der Waals surface area contributed by atoms with E-state index in [4.69, 9.17) is 10.5 Å². The van der Waals surface area contributed by atoms with E-state index in [1.165, 1.54) is 10.8 Å². The molecule has 5 heteroatoms. The van der Waals surface area contributed by atoms with Gasteiger partial charge in [-0.2, -0.15) is 0 Å². The number of methoxy groups -OCH3 is 1. The molecule has 4 nitrogen and oxygen atoms in total. The summed E-state index contributed by atoms with van der Waals surface area (Å²) < 4.78 is 4.95. The molecule has 2 aromatic rings. The molecule has 2 aromatic carbocycles. The highest BCUT2D eigenvalue weighted by atomic mass is 35.5. The van der Waals surface area contributed by atoms with E-state index in [1.807, 2.05) is 19.1 Å². The van der Waals surface area contributed by atoms with Crippen molar-refractivity contribution in [3.63, 3.8) is 0 Å². The van der Waals surface area contributed by atoms with Gasteiger partial charge in [-0.1, -0.05) is 36.4 Å². The molecule has 0 spiro atoms. The fraction of sp³-hybridized carbons (Fsp3) is 0.353. The van der Waals surface area contributed by atoms with Crippen LogP contribution in [0.2, 0.25) is 0 Å². The van der Waals surface area contributed by atoms with Crippen LogP contribution in [0, 0.1) is 0 Å². The van der Waals surface area contributed by atoms with Crippen molar-refractivity contribution >= 4 is 29.1 Å². The van der Waals surface area contributed by atoms with E-state index in [1.54, 1.807) is 12.0 Å². The molecule has 2 rings (SSSR count). The van der Waals surface area contributed by atoms with Crippen molar-refractivity contribution in [2.45, 2.75) is 19.5 Å². The van der Waals surface area contributed by atoms with Crippen LogP contribution < -0.4 is 5.73 Å². The van der Waals surface area contributed by atoms with E-state index < -0.39 is 6.04 Å². The molecule has 0 bridgehead atoms. The summed E-state index contributed by atoms with van der Waals surface area (Å²) in [4.78, 5) is 14.0. The van der Waals surface area contributed by atoms with Crippen molar-refractivity contribution in [3.05, 3.63) is 48.0 Å². The number of ether oxygens (including phenoxy) is 1. The Morgan fingerprint density at radius 2 is 1.91 bits per heavy atom. The smallest absolute Gasteiger partial charge is 0.242 e. The van der Waals surface area contributed by atoms with Crippen LogP contribution in [0.4, 0.5) is 0 Å². The zero-order valence-electron chi connectivity index (χ0n) is 13.0. The number of hydrogen-bond acceptors (Lipinski definition) is 3.